The minimum absolute atomic E-state index is 0.107. The Kier molecular flexibility index (Phi) is 2.67. The lowest BCUT2D eigenvalue weighted by Crippen LogP contribution is -2.43. The third-order valence-corrected chi connectivity index (χ3v) is 5.08. The molecule has 4 nitrogen and oxygen atoms in total. The van der Waals surface area contributed by atoms with Gasteiger partial charge in [-0.15, -0.1) is 6.58 Å². The van der Waals surface area contributed by atoms with Crippen LogP contribution >= 0.6 is 0 Å². The molecule has 1 saturated carbocycles. The Labute approximate surface area is 113 Å². The number of fused-ring (bicyclic) bond motifs is 1. The van der Waals surface area contributed by atoms with Gasteiger partial charge in [-0.25, -0.2) is 4.79 Å². The van der Waals surface area contributed by atoms with Crippen LogP contribution < -0.4 is 0 Å². The number of hydrogen-bond acceptors (Lipinski definition) is 4. The van der Waals surface area contributed by atoms with E-state index in [1.165, 1.54) is 0 Å². The molecular weight excluding hydrogens is 244 g/mol. The fourth-order valence-corrected chi connectivity index (χ4v) is 3.63. The van der Waals surface area contributed by atoms with Gasteiger partial charge in [-0.2, -0.15) is 0 Å². The van der Waals surface area contributed by atoms with Crippen LogP contribution in [-0.4, -0.2) is 36.0 Å². The molecule has 0 bridgehead atoms. The van der Waals surface area contributed by atoms with Crippen molar-refractivity contribution < 1.29 is 19.4 Å². The minimum atomic E-state index is -0.364. The molecule has 2 aliphatic heterocycles. The van der Waals surface area contributed by atoms with Gasteiger partial charge in [0, 0.05) is 5.92 Å². The van der Waals surface area contributed by atoms with Crippen LogP contribution in [0.3, 0.4) is 0 Å². The number of epoxide rings is 1. The van der Waals surface area contributed by atoms with E-state index in [0.717, 1.165) is 25.0 Å². The van der Waals surface area contributed by atoms with Crippen molar-refractivity contribution in [2.24, 2.45) is 11.3 Å². The maximum atomic E-state index is 11.7. The van der Waals surface area contributed by atoms with E-state index in [-0.39, 0.29) is 35.6 Å². The Balaban J connectivity index is 1.99. The number of hydrogen-bond donors (Lipinski definition) is 1. The van der Waals surface area contributed by atoms with Crippen molar-refractivity contribution in [2.75, 3.05) is 13.2 Å². The lowest BCUT2D eigenvalue weighted by Gasteiger charge is -2.44. The Morgan fingerprint density at radius 2 is 2.21 bits per heavy atom. The number of allylic oxidation sites excluding steroid dienone is 1. The first-order valence-electron chi connectivity index (χ1n) is 6.75. The van der Waals surface area contributed by atoms with E-state index >= 15 is 0 Å². The van der Waals surface area contributed by atoms with Gasteiger partial charge >= 0.3 is 5.97 Å². The molecule has 19 heavy (non-hydrogen) atoms. The smallest absolute Gasteiger partial charge is 0.337 e. The summed E-state index contributed by atoms with van der Waals surface area (Å²) in [5.41, 5.74) is 1.18. The predicted molar refractivity (Wildman–Crippen MR) is 69.4 cm³/mol. The lowest BCUT2D eigenvalue weighted by molar-refractivity contribution is -0.142. The lowest BCUT2D eigenvalue weighted by atomic mass is 9.61. The molecule has 4 heteroatoms. The SMILES string of the molecule is C=C[C@@]1(C)C[C@H]2OC(=O)C(CO)=C2C[C@H]1[C@@]1(C)CO1. The van der Waals surface area contributed by atoms with E-state index in [4.69, 9.17) is 9.47 Å². The molecule has 1 saturated heterocycles. The summed E-state index contributed by atoms with van der Waals surface area (Å²) in [7, 11) is 0. The van der Waals surface area contributed by atoms with Crippen LogP contribution in [0.2, 0.25) is 0 Å². The number of aliphatic hydroxyl groups is 1. The average Bonchev–Trinajstić information content (AvgIpc) is 3.03. The van der Waals surface area contributed by atoms with Crippen molar-refractivity contribution in [1.29, 1.82) is 0 Å². The molecule has 2 fully saturated rings. The normalized spacial score (nSPS) is 44.9. The van der Waals surface area contributed by atoms with E-state index in [1.54, 1.807) is 0 Å². The second kappa shape index (κ2) is 3.93. The summed E-state index contributed by atoms with van der Waals surface area (Å²) >= 11 is 0. The van der Waals surface area contributed by atoms with Gasteiger partial charge in [0.1, 0.15) is 6.10 Å². The van der Waals surface area contributed by atoms with Gasteiger partial charge in [-0.3, -0.25) is 0 Å². The van der Waals surface area contributed by atoms with Crippen LogP contribution in [0.1, 0.15) is 26.7 Å². The molecule has 0 unspecified atom stereocenters. The molecule has 3 rings (SSSR count). The molecule has 4 atom stereocenters. The molecule has 0 amide bonds. The summed E-state index contributed by atoms with van der Waals surface area (Å²) in [6.45, 7) is 8.73. The van der Waals surface area contributed by atoms with Gasteiger partial charge in [0.2, 0.25) is 0 Å². The van der Waals surface area contributed by atoms with E-state index in [0.29, 0.717) is 5.57 Å². The Hall–Kier alpha value is -1.13. The number of esters is 1. The fraction of sp³-hybridized carbons (Fsp3) is 0.667. The molecular formula is C15H20O4. The number of aliphatic hydroxyl groups excluding tert-OH is 1. The number of rotatable bonds is 3. The van der Waals surface area contributed by atoms with Crippen molar-refractivity contribution in [1.82, 2.24) is 0 Å². The summed E-state index contributed by atoms with van der Waals surface area (Å²) in [5.74, 6) is -0.0868. The van der Waals surface area contributed by atoms with Gasteiger partial charge in [-0.1, -0.05) is 13.0 Å². The second-order valence-corrected chi connectivity index (χ2v) is 6.33. The third kappa shape index (κ3) is 1.77. The molecule has 0 spiro atoms. The summed E-state index contributed by atoms with van der Waals surface area (Å²) in [5, 5.41) is 9.36. The summed E-state index contributed by atoms with van der Waals surface area (Å²) in [6.07, 6.45) is 3.23. The maximum absolute atomic E-state index is 11.7. The molecule has 0 aromatic rings. The van der Waals surface area contributed by atoms with Crippen LogP contribution in [0.25, 0.3) is 0 Å². The monoisotopic (exact) mass is 264 g/mol. The van der Waals surface area contributed by atoms with Gasteiger partial charge < -0.3 is 14.6 Å². The number of ether oxygens (including phenoxy) is 2. The Morgan fingerprint density at radius 3 is 2.74 bits per heavy atom. The van der Waals surface area contributed by atoms with Crippen molar-refractivity contribution in [2.45, 2.75) is 38.4 Å². The van der Waals surface area contributed by atoms with Gasteiger partial charge in [0.05, 0.1) is 24.4 Å². The van der Waals surface area contributed by atoms with Crippen LogP contribution in [-0.2, 0) is 14.3 Å². The van der Waals surface area contributed by atoms with Gasteiger partial charge in [-0.05, 0) is 30.8 Å². The molecule has 1 aliphatic carbocycles. The maximum Gasteiger partial charge on any atom is 0.337 e. The average molecular weight is 264 g/mol. The molecule has 3 aliphatic rings. The zero-order valence-electron chi connectivity index (χ0n) is 11.4. The van der Waals surface area contributed by atoms with Crippen LogP contribution in [0.5, 0.6) is 0 Å². The predicted octanol–water partition coefficient (Wildman–Crippen LogP) is 1.59. The first-order chi connectivity index (χ1) is 8.93. The van der Waals surface area contributed by atoms with E-state index in [1.807, 2.05) is 6.08 Å². The highest BCUT2D eigenvalue weighted by molar-refractivity contribution is 5.92. The van der Waals surface area contributed by atoms with E-state index < -0.39 is 0 Å². The standard InChI is InChI=1S/C15H20O4/c1-4-14(2)6-11-9(10(7-16)13(17)19-11)5-12(14)15(3)8-18-15/h4,11-12,16H,1,5-8H2,2-3H3/t11-,12-,14+,15-/m1/s1. The summed E-state index contributed by atoms with van der Waals surface area (Å²) in [4.78, 5) is 11.7. The van der Waals surface area contributed by atoms with Gasteiger partial charge in [0.25, 0.3) is 0 Å². The van der Waals surface area contributed by atoms with E-state index in [2.05, 4.69) is 20.4 Å². The third-order valence-electron chi connectivity index (χ3n) is 5.08. The highest BCUT2D eigenvalue weighted by Crippen LogP contribution is 2.56. The summed E-state index contributed by atoms with van der Waals surface area (Å²) in [6, 6.07) is 0. The largest absolute Gasteiger partial charge is 0.454 e. The van der Waals surface area contributed by atoms with E-state index in [9.17, 15) is 9.90 Å². The number of carbonyl (C=O) groups excluding carboxylic acids is 1. The first-order valence-corrected chi connectivity index (χ1v) is 6.75. The van der Waals surface area contributed by atoms with Crippen LogP contribution in [0, 0.1) is 11.3 Å². The molecule has 0 aromatic heterocycles. The Morgan fingerprint density at radius 1 is 1.53 bits per heavy atom. The van der Waals surface area contributed by atoms with Crippen LogP contribution in [0.4, 0.5) is 0 Å². The number of carbonyl (C=O) groups is 1. The highest BCUT2D eigenvalue weighted by Gasteiger charge is 2.58. The second-order valence-electron chi connectivity index (χ2n) is 6.33. The zero-order valence-corrected chi connectivity index (χ0v) is 11.4. The fourth-order valence-electron chi connectivity index (χ4n) is 3.63. The zero-order chi connectivity index (χ0) is 13.8. The molecule has 104 valence electrons. The van der Waals surface area contributed by atoms with Crippen molar-refractivity contribution in [3.63, 3.8) is 0 Å². The van der Waals surface area contributed by atoms with Crippen molar-refractivity contribution >= 4 is 5.97 Å². The quantitative estimate of drug-likeness (QED) is 0.478. The van der Waals surface area contributed by atoms with Crippen molar-refractivity contribution in [3.8, 4) is 0 Å². The molecule has 1 N–H and O–H groups in total. The van der Waals surface area contributed by atoms with Crippen LogP contribution in [0.15, 0.2) is 23.8 Å². The summed E-state index contributed by atoms with van der Waals surface area (Å²) < 4.78 is 11.0. The van der Waals surface area contributed by atoms with Gasteiger partial charge in [0.15, 0.2) is 0 Å². The molecule has 0 radical (unpaired) electrons. The first kappa shape index (κ1) is 12.9. The molecule has 2 heterocycles. The topological polar surface area (TPSA) is 59.1 Å². The molecule has 0 aromatic carbocycles. The van der Waals surface area contributed by atoms with Crippen molar-refractivity contribution in [3.05, 3.63) is 23.8 Å². The Bertz CT molecular complexity index is 475. The minimum Gasteiger partial charge on any atom is -0.454 e. The highest BCUT2D eigenvalue weighted by atomic mass is 16.6.